The Morgan fingerprint density at radius 1 is 1.50 bits per heavy atom. The van der Waals surface area contributed by atoms with Gasteiger partial charge in [-0.3, -0.25) is 4.79 Å². The molecule has 1 aliphatic carbocycles. The molecule has 1 heterocycles. The number of halogens is 1. The van der Waals surface area contributed by atoms with Crippen LogP contribution in [-0.2, 0) is 4.79 Å². The highest BCUT2D eigenvalue weighted by Gasteiger charge is 2.28. The third-order valence-electron chi connectivity index (χ3n) is 3.14. The molecule has 1 aromatic heterocycles. The summed E-state index contributed by atoms with van der Waals surface area (Å²) in [6.07, 6.45) is 2.22. The molecule has 0 bridgehead atoms. The third kappa shape index (κ3) is 2.65. The van der Waals surface area contributed by atoms with E-state index in [0.29, 0.717) is 11.7 Å². The number of carbonyl (C=O) groups is 1. The van der Waals surface area contributed by atoms with Crippen LogP contribution >= 0.6 is 11.6 Å². The molecule has 1 saturated carbocycles. The van der Waals surface area contributed by atoms with Crippen molar-refractivity contribution in [2.45, 2.75) is 31.2 Å². The van der Waals surface area contributed by atoms with Crippen LogP contribution in [0.1, 0.15) is 25.8 Å². The van der Waals surface area contributed by atoms with Crippen LogP contribution in [0, 0.1) is 0 Å². The van der Waals surface area contributed by atoms with E-state index < -0.39 is 5.38 Å². The Morgan fingerprint density at radius 3 is 3.00 bits per heavy atom. The van der Waals surface area contributed by atoms with Crippen LogP contribution in [0.25, 0.3) is 11.4 Å². The summed E-state index contributed by atoms with van der Waals surface area (Å²) in [4.78, 5) is 11.6. The molecule has 0 saturated heterocycles. The van der Waals surface area contributed by atoms with Gasteiger partial charge >= 0.3 is 0 Å². The molecule has 1 N–H and O–H groups in total. The Morgan fingerprint density at radius 2 is 2.30 bits per heavy atom. The molecule has 2 aromatic rings. The van der Waals surface area contributed by atoms with Gasteiger partial charge < -0.3 is 5.32 Å². The molecule has 104 valence electrons. The lowest BCUT2D eigenvalue weighted by atomic mass is 10.2. The lowest BCUT2D eigenvalue weighted by Crippen LogP contribution is -2.20. The fraction of sp³-hybridized carbons (Fsp3) is 0.385. The molecule has 6 nitrogen and oxygen atoms in total. The van der Waals surface area contributed by atoms with Crippen LogP contribution in [0.2, 0.25) is 0 Å². The summed E-state index contributed by atoms with van der Waals surface area (Å²) >= 11 is 5.74. The van der Waals surface area contributed by atoms with Crippen LogP contribution in [0.4, 0.5) is 5.69 Å². The highest BCUT2D eigenvalue weighted by atomic mass is 35.5. The molecule has 7 heteroatoms. The number of carbonyl (C=O) groups excluding carboxylic acids is 1. The number of hydrogen-bond acceptors (Lipinski definition) is 4. The third-order valence-corrected chi connectivity index (χ3v) is 3.33. The highest BCUT2D eigenvalue weighted by molar-refractivity contribution is 6.32. The lowest BCUT2D eigenvalue weighted by molar-refractivity contribution is -0.115. The zero-order valence-electron chi connectivity index (χ0n) is 11.0. The molecule has 1 atom stereocenters. The van der Waals surface area contributed by atoms with E-state index in [9.17, 15) is 4.79 Å². The summed E-state index contributed by atoms with van der Waals surface area (Å²) < 4.78 is 1.84. The maximum Gasteiger partial charge on any atom is 0.242 e. The van der Waals surface area contributed by atoms with E-state index in [2.05, 4.69) is 20.8 Å². The van der Waals surface area contributed by atoms with Crippen molar-refractivity contribution in [3.05, 3.63) is 24.3 Å². The van der Waals surface area contributed by atoms with Gasteiger partial charge in [0.2, 0.25) is 5.91 Å². The van der Waals surface area contributed by atoms with Gasteiger partial charge in [0.05, 0.1) is 6.04 Å². The second-order valence-corrected chi connectivity index (χ2v) is 5.52. The van der Waals surface area contributed by atoms with E-state index >= 15 is 0 Å². The molecule has 3 rings (SSSR count). The number of rotatable bonds is 4. The number of tetrazole rings is 1. The number of nitrogens with zero attached hydrogens (tertiary/aromatic N) is 4. The average molecular weight is 292 g/mol. The Kier molecular flexibility index (Phi) is 3.40. The highest BCUT2D eigenvalue weighted by Crippen LogP contribution is 2.36. The number of alkyl halides is 1. The first-order valence-electron chi connectivity index (χ1n) is 6.48. The smallest absolute Gasteiger partial charge is 0.242 e. The summed E-state index contributed by atoms with van der Waals surface area (Å²) in [6.45, 7) is 1.63. The first kappa shape index (κ1) is 13.1. The molecule has 1 unspecified atom stereocenters. The number of nitrogens with one attached hydrogen (secondary N) is 1. The van der Waals surface area contributed by atoms with Crippen molar-refractivity contribution < 1.29 is 4.79 Å². The van der Waals surface area contributed by atoms with Gasteiger partial charge in [0.25, 0.3) is 0 Å². The Balaban J connectivity index is 1.87. The topological polar surface area (TPSA) is 72.7 Å². The van der Waals surface area contributed by atoms with Crippen LogP contribution in [0.5, 0.6) is 0 Å². The van der Waals surface area contributed by atoms with E-state index in [1.165, 1.54) is 0 Å². The van der Waals surface area contributed by atoms with Crippen molar-refractivity contribution in [2.75, 3.05) is 5.32 Å². The van der Waals surface area contributed by atoms with Crippen molar-refractivity contribution in [1.82, 2.24) is 20.2 Å². The first-order valence-corrected chi connectivity index (χ1v) is 6.92. The molecule has 1 amide bonds. The number of benzene rings is 1. The van der Waals surface area contributed by atoms with Gasteiger partial charge in [-0.25, -0.2) is 4.68 Å². The van der Waals surface area contributed by atoms with E-state index in [4.69, 9.17) is 11.6 Å². The van der Waals surface area contributed by atoms with Crippen molar-refractivity contribution in [1.29, 1.82) is 0 Å². The van der Waals surface area contributed by atoms with Gasteiger partial charge in [0.15, 0.2) is 5.82 Å². The minimum Gasteiger partial charge on any atom is -0.325 e. The minimum absolute atomic E-state index is 0.231. The van der Waals surface area contributed by atoms with Gasteiger partial charge in [0.1, 0.15) is 5.38 Å². The largest absolute Gasteiger partial charge is 0.325 e. The van der Waals surface area contributed by atoms with E-state index in [1.54, 1.807) is 6.92 Å². The molecule has 0 spiro atoms. The van der Waals surface area contributed by atoms with Crippen molar-refractivity contribution in [3.63, 3.8) is 0 Å². The first-order chi connectivity index (χ1) is 9.65. The summed E-state index contributed by atoms with van der Waals surface area (Å²) in [5.41, 5.74) is 1.56. The number of amides is 1. The molecule has 20 heavy (non-hydrogen) atoms. The van der Waals surface area contributed by atoms with Gasteiger partial charge in [-0.15, -0.1) is 16.7 Å². The SMILES string of the molecule is CC(Cl)C(=O)Nc1cccc(-c2nnnn2C2CC2)c1. The average Bonchev–Trinajstić information content (AvgIpc) is 3.16. The Labute approximate surface area is 121 Å². The monoisotopic (exact) mass is 291 g/mol. The molecular formula is C13H14ClN5O. The van der Waals surface area contributed by atoms with Gasteiger partial charge in [-0.1, -0.05) is 12.1 Å². The zero-order valence-corrected chi connectivity index (χ0v) is 11.7. The van der Waals surface area contributed by atoms with Crippen LogP contribution in [-0.4, -0.2) is 31.5 Å². The second-order valence-electron chi connectivity index (χ2n) is 4.86. The minimum atomic E-state index is -0.574. The molecule has 1 aromatic carbocycles. The van der Waals surface area contributed by atoms with Crippen molar-refractivity contribution >= 4 is 23.2 Å². The molecule has 0 aliphatic heterocycles. The molecule has 1 fully saturated rings. The molecular weight excluding hydrogens is 278 g/mol. The lowest BCUT2D eigenvalue weighted by Gasteiger charge is -2.08. The summed E-state index contributed by atoms with van der Waals surface area (Å²) in [6, 6.07) is 7.84. The quantitative estimate of drug-likeness (QED) is 0.877. The summed E-state index contributed by atoms with van der Waals surface area (Å²) in [7, 11) is 0. The predicted octanol–water partition coefficient (Wildman–Crippen LogP) is 2.24. The predicted molar refractivity (Wildman–Crippen MR) is 75.5 cm³/mol. The second kappa shape index (κ2) is 5.20. The van der Waals surface area contributed by atoms with Crippen LogP contribution in [0.15, 0.2) is 24.3 Å². The number of hydrogen-bond donors (Lipinski definition) is 1. The van der Waals surface area contributed by atoms with Crippen LogP contribution < -0.4 is 5.32 Å². The fourth-order valence-electron chi connectivity index (χ4n) is 1.93. The standard InChI is InChI=1S/C13H14ClN5O/c1-8(14)13(20)15-10-4-2-3-9(7-10)12-16-17-18-19(12)11-5-6-11/h2-4,7-8,11H,5-6H2,1H3,(H,15,20). The van der Waals surface area contributed by atoms with E-state index in [0.717, 1.165) is 24.2 Å². The van der Waals surface area contributed by atoms with Gasteiger partial charge in [-0.2, -0.15) is 0 Å². The Bertz CT molecular complexity index is 635. The Hall–Kier alpha value is -1.95. The summed E-state index contributed by atoms with van der Waals surface area (Å²) in [5.74, 6) is 0.494. The number of anilines is 1. The molecule has 0 radical (unpaired) electrons. The van der Waals surface area contributed by atoms with Gasteiger partial charge in [0, 0.05) is 11.3 Å². The van der Waals surface area contributed by atoms with E-state index in [-0.39, 0.29) is 5.91 Å². The molecule has 1 aliphatic rings. The van der Waals surface area contributed by atoms with Crippen molar-refractivity contribution in [2.24, 2.45) is 0 Å². The zero-order chi connectivity index (χ0) is 14.1. The van der Waals surface area contributed by atoms with E-state index in [1.807, 2.05) is 28.9 Å². The van der Waals surface area contributed by atoms with Crippen molar-refractivity contribution in [3.8, 4) is 11.4 Å². The normalized spacial score (nSPS) is 15.9. The number of aromatic nitrogens is 4. The van der Waals surface area contributed by atoms with Crippen LogP contribution in [0.3, 0.4) is 0 Å². The fourth-order valence-corrected chi connectivity index (χ4v) is 1.98. The summed E-state index contributed by atoms with van der Waals surface area (Å²) in [5, 5.41) is 14.0. The maximum atomic E-state index is 11.6. The van der Waals surface area contributed by atoms with Gasteiger partial charge in [-0.05, 0) is 42.3 Å². The maximum absolute atomic E-state index is 11.6.